The highest BCUT2D eigenvalue weighted by Gasteiger charge is 2.18. The maximum absolute atomic E-state index is 5.98. The van der Waals surface area contributed by atoms with E-state index in [9.17, 15) is 0 Å². The Bertz CT molecular complexity index is 573. The van der Waals surface area contributed by atoms with Crippen molar-refractivity contribution < 1.29 is 9.47 Å². The molecule has 21 heavy (non-hydrogen) atoms. The van der Waals surface area contributed by atoms with Gasteiger partial charge in [-0.25, -0.2) is 4.98 Å². The van der Waals surface area contributed by atoms with Crippen LogP contribution in [0.2, 0.25) is 0 Å². The first-order valence-electron chi connectivity index (χ1n) is 6.59. The number of hydrogen-bond donors (Lipinski definition) is 2. The molecule has 114 valence electrons. The molecule has 1 aromatic heterocycles. The normalized spacial score (nSPS) is 17.2. The lowest BCUT2D eigenvalue weighted by Gasteiger charge is -2.16. The second-order valence-electron chi connectivity index (χ2n) is 4.62. The van der Waals surface area contributed by atoms with Gasteiger partial charge in [-0.3, -0.25) is 0 Å². The summed E-state index contributed by atoms with van der Waals surface area (Å²) in [5, 5.41) is 3.96. The number of nitrogens with two attached hydrogens (primary N) is 1. The summed E-state index contributed by atoms with van der Waals surface area (Å²) < 4.78 is 11.3. The zero-order valence-corrected chi connectivity index (χ0v) is 13.1. The molecule has 1 fully saturated rings. The average molecular weight is 328 g/mol. The number of hydrogen-bond acceptors (Lipinski definition) is 6. The zero-order chi connectivity index (χ0) is 13.8. The Hall–Kier alpha value is -1.50. The molecule has 1 aliphatic rings. The van der Waals surface area contributed by atoms with Gasteiger partial charge >= 0.3 is 0 Å². The minimum absolute atomic E-state index is 0. The Morgan fingerprint density at radius 3 is 3.00 bits per heavy atom. The van der Waals surface area contributed by atoms with E-state index < -0.39 is 0 Å². The van der Waals surface area contributed by atoms with E-state index >= 15 is 0 Å². The largest absolute Gasteiger partial charge is 0.486 e. The molecule has 7 heteroatoms. The van der Waals surface area contributed by atoms with Crippen molar-refractivity contribution in [3.8, 4) is 5.75 Å². The molecule has 5 nitrogen and oxygen atoms in total. The van der Waals surface area contributed by atoms with E-state index in [1.807, 2.05) is 24.3 Å². The summed E-state index contributed by atoms with van der Waals surface area (Å²) >= 11 is 1.49. The molecule has 2 heterocycles. The quantitative estimate of drug-likeness (QED) is 0.883. The number of benzene rings is 1. The smallest absolute Gasteiger partial charge is 0.180 e. The van der Waals surface area contributed by atoms with Crippen LogP contribution in [0, 0.1) is 0 Å². The van der Waals surface area contributed by atoms with Gasteiger partial charge in [0.1, 0.15) is 11.9 Å². The Morgan fingerprint density at radius 1 is 1.43 bits per heavy atom. The summed E-state index contributed by atoms with van der Waals surface area (Å²) in [6, 6.07) is 7.94. The van der Waals surface area contributed by atoms with Crippen LogP contribution in [0.1, 0.15) is 11.3 Å². The number of halogens is 1. The van der Waals surface area contributed by atoms with Crippen LogP contribution in [-0.2, 0) is 11.3 Å². The molecule has 2 aromatic rings. The van der Waals surface area contributed by atoms with Crippen molar-refractivity contribution in [2.75, 3.05) is 24.3 Å². The minimum Gasteiger partial charge on any atom is -0.486 e. The van der Waals surface area contributed by atoms with Crippen LogP contribution in [0.3, 0.4) is 0 Å². The third kappa shape index (κ3) is 4.23. The number of aromatic nitrogens is 1. The van der Waals surface area contributed by atoms with Gasteiger partial charge in [-0.05, 0) is 12.1 Å². The summed E-state index contributed by atoms with van der Waals surface area (Å²) in [4.78, 5) is 5.14. The van der Waals surface area contributed by atoms with Crippen molar-refractivity contribution in [1.29, 1.82) is 0 Å². The van der Waals surface area contributed by atoms with Gasteiger partial charge in [0.2, 0.25) is 0 Å². The minimum atomic E-state index is 0. The SMILES string of the molecule is Cl.Nc1ncc(CNc2ccccc2OC2CCOC2)s1. The first-order chi connectivity index (χ1) is 9.81. The molecule has 1 saturated heterocycles. The van der Waals surface area contributed by atoms with E-state index in [2.05, 4.69) is 10.3 Å². The zero-order valence-electron chi connectivity index (χ0n) is 11.5. The average Bonchev–Trinajstić information content (AvgIpc) is 3.10. The number of anilines is 2. The highest BCUT2D eigenvalue weighted by Crippen LogP contribution is 2.27. The second-order valence-corrected chi connectivity index (χ2v) is 5.76. The van der Waals surface area contributed by atoms with E-state index in [1.165, 1.54) is 11.3 Å². The first kappa shape index (κ1) is 15.9. The van der Waals surface area contributed by atoms with Crippen LogP contribution in [0.25, 0.3) is 0 Å². The molecule has 0 aliphatic carbocycles. The van der Waals surface area contributed by atoms with Gasteiger partial charge < -0.3 is 20.5 Å². The Balaban J connectivity index is 0.00000161. The van der Waals surface area contributed by atoms with Gasteiger partial charge in [0.05, 0.1) is 25.4 Å². The van der Waals surface area contributed by atoms with Crippen molar-refractivity contribution in [1.82, 2.24) is 4.98 Å². The van der Waals surface area contributed by atoms with Crippen LogP contribution >= 0.6 is 23.7 Å². The Morgan fingerprint density at radius 2 is 2.29 bits per heavy atom. The number of para-hydroxylation sites is 2. The lowest BCUT2D eigenvalue weighted by atomic mass is 10.2. The molecule has 0 radical (unpaired) electrons. The molecule has 0 spiro atoms. The van der Waals surface area contributed by atoms with E-state index in [1.54, 1.807) is 6.20 Å². The van der Waals surface area contributed by atoms with E-state index in [0.29, 0.717) is 18.3 Å². The summed E-state index contributed by atoms with van der Waals surface area (Å²) in [6.07, 6.45) is 2.89. The van der Waals surface area contributed by atoms with Crippen LogP contribution in [0.4, 0.5) is 10.8 Å². The van der Waals surface area contributed by atoms with Crippen LogP contribution in [0.15, 0.2) is 30.5 Å². The van der Waals surface area contributed by atoms with Crippen molar-refractivity contribution in [2.24, 2.45) is 0 Å². The predicted octanol–water partition coefficient (Wildman–Crippen LogP) is 2.93. The number of rotatable bonds is 5. The number of nitrogens with zero attached hydrogens (tertiary/aromatic N) is 1. The highest BCUT2D eigenvalue weighted by atomic mass is 35.5. The van der Waals surface area contributed by atoms with Gasteiger partial charge in [0, 0.05) is 17.5 Å². The monoisotopic (exact) mass is 327 g/mol. The molecule has 1 aromatic carbocycles. The topological polar surface area (TPSA) is 69.4 Å². The van der Waals surface area contributed by atoms with E-state index in [4.69, 9.17) is 15.2 Å². The molecule has 3 rings (SSSR count). The van der Waals surface area contributed by atoms with Crippen molar-refractivity contribution in [2.45, 2.75) is 19.1 Å². The van der Waals surface area contributed by atoms with E-state index in [0.717, 1.165) is 29.3 Å². The summed E-state index contributed by atoms with van der Waals surface area (Å²) in [6.45, 7) is 2.14. The Kier molecular flexibility index (Phi) is 5.67. The van der Waals surface area contributed by atoms with Gasteiger partial charge in [-0.15, -0.1) is 23.7 Å². The van der Waals surface area contributed by atoms with Gasteiger partial charge in [0.25, 0.3) is 0 Å². The van der Waals surface area contributed by atoms with Crippen molar-refractivity contribution in [3.63, 3.8) is 0 Å². The maximum Gasteiger partial charge on any atom is 0.180 e. The Labute approximate surface area is 133 Å². The lowest BCUT2D eigenvalue weighted by Crippen LogP contribution is -2.16. The second kappa shape index (κ2) is 7.49. The van der Waals surface area contributed by atoms with Crippen LogP contribution < -0.4 is 15.8 Å². The number of nitrogen functional groups attached to an aromatic ring is 1. The lowest BCUT2D eigenvalue weighted by molar-refractivity contribution is 0.142. The van der Waals surface area contributed by atoms with Gasteiger partial charge in [-0.1, -0.05) is 12.1 Å². The molecule has 0 bridgehead atoms. The highest BCUT2D eigenvalue weighted by molar-refractivity contribution is 7.15. The van der Waals surface area contributed by atoms with Crippen molar-refractivity contribution >= 4 is 34.6 Å². The third-order valence-electron chi connectivity index (χ3n) is 3.09. The first-order valence-corrected chi connectivity index (χ1v) is 7.40. The predicted molar refractivity (Wildman–Crippen MR) is 87.4 cm³/mol. The van der Waals surface area contributed by atoms with E-state index in [-0.39, 0.29) is 18.5 Å². The van der Waals surface area contributed by atoms with Crippen molar-refractivity contribution in [3.05, 3.63) is 35.3 Å². The molecule has 0 saturated carbocycles. The molecule has 0 amide bonds. The molecular formula is C14H18ClN3O2S. The third-order valence-corrected chi connectivity index (χ3v) is 3.92. The molecule has 1 aliphatic heterocycles. The molecular weight excluding hydrogens is 310 g/mol. The molecule has 1 atom stereocenters. The fourth-order valence-electron chi connectivity index (χ4n) is 2.09. The number of ether oxygens (including phenoxy) is 2. The standard InChI is InChI=1S/C14H17N3O2S.ClH/c15-14-17-8-11(20-14)7-16-12-3-1-2-4-13(12)19-10-5-6-18-9-10;/h1-4,8,10,16H,5-7,9H2,(H2,15,17);1H. The summed E-state index contributed by atoms with van der Waals surface area (Å²) in [5.41, 5.74) is 6.61. The fraction of sp³-hybridized carbons (Fsp3) is 0.357. The summed E-state index contributed by atoms with van der Waals surface area (Å²) in [7, 11) is 0. The number of thiazole rings is 1. The van der Waals surface area contributed by atoms with Gasteiger partial charge in [-0.2, -0.15) is 0 Å². The van der Waals surface area contributed by atoms with Crippen LogP contribution in [0.5, 0.6) is 5.75 Å². The van der Waals surface area contributed by atoms with Gasteiger partial charge in [0.15, 0.2) is 5.13 Å². The maximum atomic E-state index is 5.98. The summed E-state index contributed by atoms with van der Waals surface area (Å²) in [5.74, 6) is 0.862. The molecule has 3 N–H and O–H groups in total. The molecule has 1 unspecified atom stereocenters. The van der Waals surface area contributed by atoms with Crippen LogP contribution in [-0.4, -0.2) is 24.3 Å². The number of nitrogens with one attached hydrogen (secondary N) is 1. The fourth-order valence-corrected chi connectivity index (χ4v) is 2.71.